The average Bonchev–Trinajstić information content (AvgIpc) is 3.29. The van der Waals surface area contributed by atoms with Gasteiger partial charge in [-0.2, -0.15) is 0 Å². The van der Waals surface area contributed by atoms with E-state index < -0.39 is 89.7 Å². The highest BCUT2D eigenvalue weighted by molar-refractivity contribution is 6.74. The van der Waals surface area contributed by atoms with Crippen LogP contribution in [0.3, 0.4) is 0 Å². The fourth-order valence-corrected chi connectivity index (χ4v) is 11.9. The quantitative estimate of drug-likeness (QED) is 0.148. The van der Waals surface area contributed by atoms with E-state index in [1.165, 1.54) is 0 Å². The molecule has 17 atom stereocenters. The Balaban J connectivity index is 1.81. The molecule has 1 N–H and O–H groups in total. The van der Waals surface area contributed by atoms with Gasteiger partial charge in [-0.15, -0.1) is 0 Å². The number of hydrogen-bond donors (Lipinski definition) is 1. The molecule has 0 aromatic rings. The highest BCUT2D eigenvalue weighted by Gasteiger charge is 2.54. The Labute approximate surface area is 395 Å². The second-order valence-electron chi connectivity index (χ2n) is 22.8. The Kier molecular flexibility index (Phi) is 19.8. The zero-order valence-corrected chi connectivity index (χ0v) is 45.9. The van der Waals surface area contributed by atoms with Crippen LogP contribution < -0.4 is 0 Å². The molecule has 0 amide bonds. The number of esters is 1. The van der Waals surface area contributed by atoms with Gasteiger partial charge in [-0.05, 0) is 96.3 Å². The van der Waals surface area contributed by atoms with Crippen LogP contribution in [0.25, 0.3) is 0 Å². The minimum absolute atomic E-state index is 0.000971. The maximum atomic E-state index is 13.8. The number of ether oxygens (including phenoxy) is 9. The zero-order valence-electron chi connectivity index (χ0n) is 43.9. The van der Waals surface area contributed by atoms with Crippen LogP contribution in [0, 0.1) is 11.8 Å². The van der Waals surface area contributed by atoms with E-state index in [-0.39, 0.29) is 52.7 Å². The van der Waals surface area contributed by atoms with E-state index in [9.17, 15) is 9.90 Å². The van der Waals surface area contributed by atoms with Crippen LogP contribution in [-0.4, -0.2) is 160 Å². The van der Waals surface area contributed by atoms with Gasteiger partial charge >= 0.3 is 5.97 Å². The van der Waals surface area contributed by atoms with Crippen molar-refractivity contribution in [2.75, 3.05) is 35.4 Å². The van der Waals surface area contributed by atoms with Crippen molar-refractivity contribution in [1.29, 1.82) is 0 Å². The van der Waals surface area contributed by atoms with Crippen molar-refractivity contribution in [2.45, 2.75) is 236 Å². The molecule has 0 saturated carbocycles. The number of cyclic esters (lactones) is 1. The Bertz CT molecular complexity index is 1570. The lowest BCUT2D eigenvalue weighted by Gasteiger charge is -2.51. The molecule has 378 valence electrons. The van der Waals surface area contributed by atoms with Gasteiger partial charge in [0.15, 0.2) is 29.2 Å². The molecule has 0 aromatic carbocycles. The minimum Gasteiger partial charge on any atom is -0.462 e. The maximum absolute atomic E-state index is 13.8. The lowest BCUT2D eigenvalue weighted by atomic mass is 9.83. The Morgan fingerprint density at radius 2 is 1.42 bits per heavy atom. The third-order valence-corrected chi connectivity index (χ3v) is 24.3. The van der Waals surface area contributed by atoms with Crippen molar-refractivity contribution in [1.82, 2.24) is 4.90 Å². The maximum Gasteiger partial charge on any atom is 0.308 e. The molecule has 0 aliphatic carbocycles. The number of allylic oxidation sites excluding steroid dienone is 2. The number of carbonyl (C=O) groups is 1. The van der Waals surface area contributed by atoms with Crippen molar-refractivity contribution in [3.63, 3.8) is 0 Å². The first-order valence-electron chi connectivity index (χ1n) is 24.1. The number of hydrogen-bond acceptors (Lipinski definition) is 14. The largest absolute Gasteiger partial charge is 0.462 e. The van der Waals surface area contributed by atoms with Gasteiger partial charge in [-0.3, -0.25) is 4.79 Å². The van der Waals surface area contributed by atoms with Crippen LogP contribution in [0.1, 0.15) is 108 Å². The molecule has 14 nitrogen and oxygen atoms in total. The first-order chi connectivity index (χ1) is 30.0. The van der Waals surface area contributed by atoms with Crippen molar-refractivity contribution in [3.8, 4) is 0 Å². The number of aliphatic hydroxyl groups is 1. The van der Waals surface area contributed by atoms with Gasteiger partial charge < -0.3 is 61.5 Å². The average molecular weight is 958 g/mol. The summed E-state index contributed by atoms with van der Waals surface area (Å²) in [4.78, 5) is 15.8. The number of rotatable bonds is 12. The third-order valence-electron chi connectivity index (χ3n) is 15.3. The molecule has 4 heterocycles. The topological polar surface area (TPSA) is 142 Å². The van der Waals surface area contributed by atoms with E-state index in [1.807, 2.05) is 58.8 Å². The molecular formula is C49H91NO13Si2. The van der Waals surface area contributed by atoms with E-state index >= 15 is 0 Å². The van der Waals surface area contributed by atoms with Crippen molar-refractivity contribution in [3.05, 3.63) is 24.3 Å². The minimum atomic E-state index is -2.42. The fourth-order valence-electron chi connectivity index (χ4n) is 9.38. The number of fused-ring (bicyclic) bond motifs is 3. The van der Waals surface area contributed by atoms with Crippen molar-refractivity contribution in [2.24, 2.45) is 11.8 Å². The first-order valence-corrected chi connectivity index (χ1v) is 29.9. The molecule has 0 radical (unpaired) electrons. The molecule has 1 unspecified atom stereocenters. The SMILES string of the molecule is CO[C@@H]1[C@@H](O[C@H]2O[C@@H](C)[C@H](O[C@@H]3C[C@](C)(OC)[C@H](OC)[C@@H](C)O3)[C@@H](N(C)C)[C@@H]2O)[C@H]2CC(O[Si](C)(C)C(C)(C)C)O[C@@H]1CC(=O)O[C@H](C)C/C=C/C=C/[C@H](O[Si](C)(C)C(C)(C)C)[C@H](C)C2. The highest BCUT2D eigenvalue weighted by atomic mass is 28.4. The lowest BCUT2D eigenvalue weighted by Crippen LogP contribution is -2.66. The first kappa shape index (κ1) is 56.5. The predicted molar refractivity (Wildman–Crippen MR) is 257 cm³/mol. The van der Waals surface area contributed by atoms with E-state index in [2.05, 4.69) is 86.8 Å². The number of likely N-dealkylation sites (N-methyl/N-ethyl adjacent to an activating group) is 1. The summed E-state index contributed by atoms with van der Waals surface area (Å²) >= 11 is 0. The smallest absolute Gasteiger partial charge is 0.308 e. The number of carbonyl (C=O) groups excluding carboxylic acids is 1. The number of aliphatic hydroxyl groups excluding tert-OH is 1. The Hall–Kier alpha value is -1.10. The van der Waals surface area contributed by atoms with Crippen molar-refractivity contribution < 1.29 is 61.4 Å². The van der Waals surface area contributed by atoms with E-state index in [4.69, 9.17) is 51.5 Å². The van der Waals surface area contributed by atoms with Gasteiger partial charge in [0, 0.05) is 40.6 Å². The van der Waals surface area contributed by atoms with E-state index in [1.54, 1.807) is 21.3 Å². The zero-order chi connectivity index (χ0) is 49.0. The molecule has 0 spiro atoms. The van der Waals surface area contributed by atoms with Crippen LogP contribution in [-0.2, 0) is 56.3 Å². The van der Waals surface area contributed by atoms with E-state index in [0.717, 1.165) is 0 Å². The third kappa shape index (κ3) is 14.0. The van der Waals surface area contributed by atoms with Gasteiger partial charge in [0.2, 0.25) is 0 Å². The molecular weight excluding hydrogens is 867 g/mol. The second kappa shape index (κ2) is 22.8. The summed E-state index contributed by atoms with van der Waals surface area (Å²) in [6.07, 6.45) is 1.91. The number of methoxy groups -OCH3 is 3. The Morgan fingerprint density at radius 1 is 0.785 bits per heavy atom. The summed E-state index contributed by atoms with van der Waals surface area (Å²) in [5.41, 5.74) is -0.665. The summed E-state index contributed by atoms with van der Waals surface area (Å²) in [5.74, 6) is -0.667. The molecule has 16 heteroatoms. The summed E-state index contributed by atoms with van der Waals surface area (Å²) in [7, 11) is 4.11. The molecule has 0 aromatic heterocycles. The summed E-state index contributed by atoms with van der Waals surface area (Å²) in [6, 6.07) is -0.565. The summed E-state index contributed by atoms with van der Waals surface area (Å²) in [6.45, 7) is 32.4. The Morgan fingerprint density at radius 3 is 1.98 bits per heavy atom. The van der Waals surface area contributed by atoms with Gasteiger partial charge in [0.25, 0.3) is 0 Å². The fraction of sp³-hybridized carbons (Fsp3) is 0.898. The van der Waals surface area contributed by atoms with Gasteiger partial charge in [-0.25, -0.2) is 0 Å². The summed E-state index contributed by atoms with van der Waals surface area (Å²) in [5, 5.41) is 12.3. The van der Waals surface area contributed by atoms with Gasteiger partial charge in [0.05, 0.1) is 48.6 Å². The molecule has 4 aliphatic rings. The molecule has 4 aliphatic heterocycles. The molecule has 3 saturated heterocycles. The highest BCUT2D eigenvalue weighted by Crippen LogP contribution is 2.44. The summed E-state index contributed by atoms with van der Waals surface area (Å²) < 4.78 is 72.5. The van der Waals surface area contributed by atoms with Crippen molar-refractivity contribution >= 4 is 22.6 Å². The van der Waals surface area contributed by atoms with Crippen LogP contribution in [0.4, 0.5) is 0 Å². The standard InChI is InChI=1S/C49H91NO13Si2/c1-30-26-34-27-38(63-65(19,20)48(8,9)10)59-36(28-37(51)56-31(2)24-22-21-23-25-35(30)62-64(17,18)47(5,6)7)44(53-14)43(34)61-46-41(52)40(50(12)13)42(32(3)58-46)60-39-29-49(11,55-16)45(54-15)33(4)57-39/h21-23,25,30-36,38-46,52H,24,26-29H2,1-20H3/b22-21+,25-23+/t30-,31-,32+,33-,34-,35+,36-,38?,39-,40+,41+,42+,43+,44+,45-,46-,49+/m1/s1. The van der Waals surface area contributed by atoms with Crippen LogP contribution in [0.2, 0.25) is 36.3 Å². The van der Waals surface area contributed by atoms with Crippen LogP contribution in [0.15, 0.2) is 24.3 Å². The predicted octanol–water partition coefficient (Wildman–Crippen LogP) is 8.37. The molecule has 3 fully saturated rings. The lowest BCUT2D eigenvalue weighted by molar-refractivity contribution is -0.345. The molecule has 65 heavy (non-hydrogen) atoms. The van der Waals surface area contributed by atoms with Gasteiger partial charge in [0.1, 0.15) is 36.8 Å². The van der Waals surface area contributed by atoms with Crippen LogP contribution in [0.5, 0.6) is 0 Å². The number of nitrogens with zero attached hydrogens (tertiary/aromatic N) is 1. The molecule has 2 bridgehead atoms. The van der Waals surface area contributed by atoms with Crippen LogP contribution >= 0.6 is 0 Å². The normalized spacial score (nSPS) is 40.9. The monoisotopic (exact) mass is 958 g/mol. The van der Waals surface area contributed by atoms with Gasteiger partial charge in [-0.1, -0.05) is 72.8 Å². The second-order valence-corrected chi connectivity index (χ2v) is 32.3. The molecule has 4 rings (SSSR count). The van der Waals surface area contributed by atoms with E-state index in [0.29, 0.717) is 25.7 Å².